The van der Waals surface area contributed by atoms with Crippen LogP contribution in [0.1, 0.15) is 46.7 Å². The second kappa shape index (κ2) is 11.2. The summed E-state index contributed by atoms with van der Waals surface area (Å²) in [6.45, 7) is 9.46. The first-order chi connectivity index (χ1) is 15.0. The lowest BCUT2D eigenvalue weighted by Crippen LogP contribution is -2.22. The zero-order valence-corrected chi connectivity index (χ0v) is 19.4. The first kappa shape index (κ1) is 23.1. The van der Waals surface area contributed by atoms with Crippen molar-refractivity contribution in [3.63, 3.8) is 0 Å². The summed E-state index contributed by atoms with van der Waals surface area (Å²) in [5.41, 5.74) is 7.63. The van der Waals surface area contributed by atoms with E-state index in [9.17, 15) is 5.11 Å². The van der Waals surface area contributed by atoms with E-state index in [0.29, 0.717) is 12.5 Å². The van der Waals surface area contributed by atoms with Gasteiger partial charge in [-0.1, -0.05) is 74.0 Å². The topological polar surface area (TPSA) is 29.5 Å². The van der Waals surface area contributed by atoms with Crippen LogP contribution in [0.3, 0.4) is 0 Å². The maximum Gasteiger partial charge on any atom is 0.122 e. The van der Waals surface area contributed by atoms with Gasteiger partial charge >= 0.3 is 0 Å². The minimum atomic E-state index is 0.217. The maximum absolute atomic E-state index is 10.2. The minimum absolute atomic E-state index is 0.217. The number of ether oxygens (including phenoxy) is 1. The predicted molar refractivity (Wildman–Crippen MR) is 130 cm³/mol. The Morgan fingerprint density at radius 1 is 0.710 bits per heavy atom. The van der Waals surface area contributed by atoms with E-state index in [0.717, 1.165) is 30.6 Å². The third kappa shape index (κ3) is 6.45. The van der Waals surface area contributed by atoms with Crippen LogP contribution >= 0.6 is 0 Å². The molecule has 0 fully saturated rings. The van der Waals surface area contributed by atoms with E-state index in [4.69, 9.17) is 4.74 Å². The molecule has 3 aromatic carbocycles. The first-order valence-electron chi connectivity index (χ1n) is 11.4. The molecular formula is C29H36O2. The standard InChI is InChI=1S/C29H36O2/c1-5-27(17-25-12-11-21(2)22(3)15-25)28(19-30)18-26-13-14-29(23(4)16-26)31-20-24-9-7-6-8-10-24/h6-16,27-28,30H,5,17-20H2,1-4H3/t27-,28+/m1/s1. The molecule has 1 N–H and O–H groups in total. The van der Waals surface area contributed by atoms with Crippen LogP contribution in [0.15, 0.2) is 66.7 Å². The van der Waals surface area contributed by atoms with Crippen LogP contribution in [0.5, 0.6) is 5.75 Å². The summed E-state index contributed by atoms with van der Waals surface area (Å²) in [4.78, 5) is 0. The average molecular weight is 417 g/mol. The van der Waals surface area contributed by atoms with Crippen molar-refractivity contribution < 1.29 is 9.84 Å². The normalized spacial score (nSPS) is 13.1. The predicted octanol–water partition coefficient (Wildman–Crippen LogP) is 6.61. The third-order valence-corrected chi connectivity index (χ3v) is 6.47. The molecule has 0 spiro atoms. The third-order valence-electron chi connectivity index (χ3n) is 6.47. The highest BCUT2D eigenvalue weighted by atomic mass is 16.5. The van der Waals surface area contributed by atoms with Crippen molar-refractivity contribution in [3.8, 4) is 5.75 Å². The molecule has 0 unspecified atom stereocenters. The number of aliphatic hydroxyl groups is 1. The van der Waals surface area contributed by atoms with Crippen LogP contribution in [0.4, 0.5) is 0 Å². The molecule has 2 atom stereocenters. The second-order valence-corrected chi connectivity index (χ2v) is 8.81. The van der Waals surface area contributed by atoms with Crippen molar-refractivity contribution in [2.75, 3.05) is 6.61 Å². The van der Waals surface area contributed by atoms with Gasteiger partial charge in [-0.3, -0.25) is 0 Å². The highest BCUT2D eigenvalue weighted by molar-refractivity contribution is 5.37. The summed E-state index contributed by atoms with van der Waals surface area (Å²) >= 11 is 0. The summed E-state index contributed by atoms with van der Waals surface area (Å²) in [7, 11) is 0. The van der Waals surface area contributed by atoms with Gasteiger partial charge in [0.1, 0.15) is 12.4 Å². The van der Waals surface area contributed by atoms with Gasteiger partial charge in [0.05, 0.1) is 0 Å². The van der Waals surface area contributed by atoms with E-state index in [1.165, 1.54) is 27.8 Å². The molecule has 0 heterocycles. The fourth-order valence-electron chi connectivity index (χ4n) is 4.30. The number of aliphatic hydroxyl groups excluding tert-OH is 1. The summed E-state index contributed by atoms with van der Waals surface area (Å²) < 4.78 is 6.03. The monoisotopic (exact) mass is 416 g/mol. The lowest BCUT2D eigenvalue weighted by molar-refractivity contribution is 0.170. The zero-order valence-electron chi connectivity index (χ0n) is 19.4. The van der Waals surface area contributed by atoms with Crippen LogP contribution in [0, 0.1) is 32.6 Å². The van der Waals surface area contributed by atoms with Gasteiger partial charge in [-0.15, -0.1) is 0 Å². The van der Waals surface area contributed by atoms with Gasteiger partial charge in [-0.2, -0.15) is 0 Å². The van der Waals surface area contributed by atoms with Gasteiger partial charge in [0.2, 0.25) is 0 Å². The molecule has 0 aromatic heterocycles. The van der Waals surface area contributed by atoms with Crippen molar-refractivity contribution >= 4 is 0 Å². The summed E-state index contributed by atoms with van der Waals surface area (Å²) in [5.74, 6) is 1.64. The lowest BCUT2D eigenvalue weighted by atomic mass is 9.81. The molecule has 2 nitrogen and oxygen atoms in total. The molecule has 164 valence electrons. The van der Waals surface area contributed by atoms with Crippen molar-refractivity contribution in [2.24, 2.45) is 11.8 Å². The average Bonchev–Trinajstić information content (AvgIpc) is 2.78. The van der Waals surface area contributed by atoms with Gasteiger partial charge in [0.25, 0.3) is 0 Å². The Bertz CT molecular complexity index is 962. The summed E-state index contributed by atoms with van der Waals surface area (Å²) in [5, 5.41) is 10.2. The molecule has 3 rings (SSSR count). The highest BCUT2D eigenvalue weighted by Gasteiger charge is 2.21. The molecule has 3 aromatic rings. The number of hydrogen-bond donors (Lipinski definition) is 1. The molecular weight excluding hydrogens is 380 g/mol. The highest BCUT2D eigenvalue weighted by Crippen LogP contribution is 2.28. The van der Waals surface area contributed by atoms with E-state index in [1.54, 1.807) is 0 Å². The molecule has 0 bridgehead atoms. The van der Waals surface area contributed by atoms with E-state index >= 15 is 0 Å². The fourth-order valence-corrected chi connectivity index (χ4v) is 4.30. The van der Waals surface area contributed by atoms with Gasteiger partial charge in [-0.05, 0) is 84.9 Å². The van der Waals surface area contributed by atoms with Crippen molar-refractivity contribution in [2.45, 2.75) is 53.6 Å². The second-order valence-electron chi connectivity index (χ2n) is 8.81. The van der Waals surface area contributed by atoms with E-state index < -0.39 is 0 Å². The Labute approximate surface area is 187 Å². The number of benzene rings is 3. The van der Waals surface area contributed by atoms with E-state index in [-0.39, 0.29) is 12.5 Å². The van der Waals surface area contributed by atoms with Crippen LogP contribution in [0.2, 0.25) is 0 Å². The quantitative estimate of drug-likeness (QED) is 0.403. The molecule has 0 aliphatic heterocycles. The first-order valence-corrected chi connectivity index (χ1v) is 11.4. The fraction of sp³-hybridized carbons (Fsp3) is 0.379. The molecule has 0 saturated carbocycles. The maximum atomic E-state index is 10.2. The molecule has 0 amide bonds. The smallest absolute Gasteiger partial charge is 0.122 e. The van der Waals surface area contributed by atoms with Crippen molar-refractivity contribution in [1.29, 1.82) is 0 Å². The van der Waals surface area contributed by atoms with Gasteiger partial charge in [0, 0.05) is 6.61 Å². The van der Waals surface area contributed by atoms with Crippen LogP contribution in [0.25, 0.3) is 0 Å². The Kier molecular flexibility index (Phi) is 8.31. The SMILES string of the molecule is CC[C@H](Cc1ccc(C)c(C)c1)[C@H](CO)Cc1ccc(OCc2ccccc2)c(C)c1. The zero-order chi connectivity index (χ0) is 22.2. The van der Waals surface area contributed by atoms with Crippen molar-refractivity contribution in [1.82, 2.24) is 0 Å². The van der Waals surface area contributed by atoms with Crippen molar-refractivity contribution in [3.05, 3.63) is 100 Å². The molecule has 0 saturated heterocycles. The summed E-state index contributed by atoms with van der Waals surface area (Å²) in [6, 6.07) is 23.4. The molecule has 2 heteroatoms. The van der Waals surface area contributed by atoms with Gasteiger partial charge in [0.15, 0.2) is 0 Å². The van der Waals surface area contributed by atoms with E-state index in [1.807, 2.05) is 18.2 Å². The molecule has 0 aliphatic carbocycles. The number of hydrogen-bond acceptors (Lipinski definition) is 2. The van der Waals surface area contributed by atoms with Crippen LogP contribution < -0.4 is 4.74 Å². The van der Waals surface area contributed by atoms with Crippen LogP contribution in [-0.4, -0.2) is 11.7 Å². The Morgan fingerprint density at radius 3 is 1.97 bits per heavy atom. The van der Waals surface area contributed by atoms with Gasteiger partial charge in [-0.25, -0.2) is 0 Å². The number of aryl methyl sites for hydroxylation is 3. The Hall–Kier alpha value is -2.58. The van der Waals surface area contributed by atoms with E-state index in [2.05, 4.69) is 76.2 Å². The molecule has 0 aliphatic rings. The molecule has 31 heavy (non-hydrogen) atoms. The van der Waals surface area contributed by atoms with Crippen LogP contribution in [-0.2, 0) is 19.4 Å². The lowest BCUT2D eigenvalue weighted by Gasteiger charge is -2.25. The molecule has 0 radical (unpaired) electrons. The van der Waals surface area contributed by atoms with Gasteiger partial charge < -0.3 is 9.84 Å². The Morgan fingerprint density at radius 2 is 1.35 bits per heavy atom. The number of rotatable bonds is 10. The Balaban J connectivity index is 1.65. The largest absolute Gasteiger partial charge is 0.489 e. The minimum Gasteiger partial charge on any atom is -0.489 e. The summed E-state index contributed by atoms with van der Waals surface area (Å²) in [6.07, 6.45) is 2.97.